The van der Waals surface area contributed by atoms with Crippen LogP contribution >= 0.6 is 12.8 Å². The highest BCUT2D eigenvalue weighted by Gasteiger charge is 1.98. The molecule has 52 valence electrons. The van der Waals surface area contributed by atoms with Crippen molar-refractivity contribution in [1.82, 2.24) is 15.6 Å². The summed E-state index contributed by atoms with van der Waals surface area (Å²) in [5, 5.41) is 1.72. The van der Waals surface area contributed by atoms with Crippen molar-refractivity contribution in [3.63, 3.8) is 0 Å². The molecule has 5 N–H and O–H groups in total. The summed E-state index contributed by atoms with van der Waals surface area (Å²) >= 11 is 3.41. The van der Waals surface area contributed by atoms with Gasteiger partial charge in [0.05, 0.1) is 0 Å². The lowest BCUT2D eigenvalue weighted by molar-refractivity contribution is 0.231. The summed E-state index contributed by atoms with van der Waals surface area (Å²) in [4.78, 5) is 22.1. The van der Waals surface area contributed by atoms with Gasteiger partial charge in [-0.05, 0) is 0 Å². The fraction of sp³-hybridized carbons (Fsp3) is 0. The van der Waals surface area contributed by atoms with Crippen LogP contribution in [0, 0.1) is 0 Å². The van der Waals surface area contributed by atoms with E-state index in [0.717, 1.165) is 0 Å². The number of urea groups is 2. The molecule has 0 radical (unpaired) electrons. The van der Waals surface area contributed by atoms with Crippen molar-refractivity contribution in [2.75, 3.05) is 0 Å². The molecule has 7 heteroatoms. The molecule has 0 aromatic carbocycles. The lowest BCUT2D eigenvalue weighted by Crippen LogP contribution is -2.45. The molecule has 0 heterocycles. The van der Waals surface area contributed by atoms with Gasteiger partial charge in [0.25, 0.3) is 0 Å². The van der Waals surface area contributed by atoms with Crippen molar-refractivity contribution in [3.8, 4) is 0 Å². The first kappa shape index (κ1) is 8.05. The Morgan fingerprint density at radius 1 is 1.44 bits per heavy atom. The van der Waals surface area contributed by atoms with Gasteiger partial charge < -0.3 is 5.73 Å². The minimum atomic E-state index is -0.920. The number of carbonyl (C=O) groups is 2. The van der Waals surface area contributed by atoms with Crippen LogP contribution in [0.15, 0.2) is 0 Å². The van der Waals surface area contributed by atoms with E-state index in [1.54, 1.807) is 5.32 Å². The summed E-state index contributed by atoms with van der Waals surface area (Å²) in [6.07, 6.45) is 0. The van der Waals surface area contributed by atoms with Gasteiger partial charge in [0.2, 0.25) is 0 Å². The Morgan fingerprint density at radius 3 is 2.33 bits per heavy atom. The summed E-state index contributed by atoms with van der Waals surface area (Å²) in [5.74, 6) is 0. The van der Waals surface area contributed by atoms with E-state index in [-0.39, 0.29) is 0 Å². The zero-order chi connectivity index (χ0) is 7.28. The molecular formula is C2H6N4O2S. The van der Waals surface area contributed by atoms with Crippen molar-refractivity contribution < 1.29 is 9.59 Å². The normalized spacial score (nSPS) is 8.11. The van der Waals surface area contributed by atoms with E-state index in [4.69, 9.17) is 0 Å². The average Bonchev–Trinajstić information content (AvgIpc) is 1.63. The third kappa shape index (κ3) is 4.91. The first-order valence-corrected chi connectivity index (χ1v) is 2.37. The molecule has 0 aliphatic rings. The van der Waals surface area contributed by atoms with E-state index in [1.807, 2.05) is 10.3 Å². The number of nitrogens with two attached hydrogens (primary N) is 1. The lowest BCUT2D eigenvalue weighted by Gasteiger charge is -1.99. The molecule has 4 amide bonds. The summed E-state index contributed by atoms with van der Waals surface area (Å²) in [5.41, 5.74) is 6.50. The summed E-state index contributed by atoms with van der Waals surface area (Å²) in [6, 6.07) is -1.67. The molecule has 0 saturated carbocycles. The molecule has 0 atom stereocenters. The Balaban J connectivity index is 3.39. The number of imide groups is 1. The van der Waals surface area contributed by atoms with Crippen molar-refractivity contribution in [1.29, 1.82) is 0 Å². The number of amides is 4. The first-order valence-electron chi connectivity index (χ1n) is 1.92. The Morgan fingerprint density at radius 2 is 2.00 bits per heavy atom. The lowest BCUT2D eigenvalue weighted by atomic mass is 10.9. The second kappa shape index (κ2) is 3.98. The van der Waals surface area contributed by atoms with Crippen LogP contribution in [0.1, 0.15) is 0 Å². The molecule has 0 aliphatic carbocycles. The van der Waals surface area contributed by atoms with E-state index in [2.05, 4.69) is 18.5 Å². The van der Waals surface area contributed by atoms with Crippen LogP contribution in [0.5, 0.6) is 0 Å². The predicted molar refractivity (Wildman–Crippen MR) is 33.4 cm³/mol. The number of nitrogens with one attached hydrogen (secondary N) is 3. The maximum atomic E-state index is 10.2. The van der Waals surface area contributed by atoms with Crippen LogP contribution < -0.4 is 21.3 Å². The zero-order valence-electron chi connectivity index (χ0n) is 4.34. The molecule has 0 unspecified atom stereocenters. The fourth-order valence-corrected chi connectivity index (χ4v) is 0.295. The molecule has 0 spiro atoms. The molecule has 0 aromatic rings. The highest BCUT2D eigenvalue weighted by atomic mass is 32.1. The number of hydrogen-bond donors (Lipinski definition) is 5. The second-order valence-electron chi connectivity index (χ2n) is 1.06. The molecule has 0 aliphatic heterocycles. The minimum absolute atomic E-state index is 0.752. The van der Waals surface area contributed by atoms with Crippen LogP contribution in [0.2, 0.25) is 0 Å². The van der Waals surface area contributed by atoms with Crippen LogP contribution in [0.25, 0.3) is 0 Å². The second-order valence-corrected chi connectivity index (χ2v) is 1.28. The standard InChI is InChI=1S/C2H6N4O2S/c3-1(7)4-2(8)5-6-9/h6,9H,(H4,3,4,5,7,8). The van der Waals surface area contributed by atoms with Crippen molar-refractivity contribution in [2.24, 2.45) is 5.73 Å². The van der Waals surface area contributed by atoms with Gasteiger partial charge in [-0.25, -0.2) is 9.59 Å². The average molecular weight is 150 g/mol. The van der Waals surface area contributed by atoms with Gasteiger partial charge >= 0.3 is 12.1 Å². The number of carbonyl (C=O) groups excluding carboxylic acids is 2. The molecule has 0 aromatic heterocycles. The maximum Gasteiger partial charge on any atom is 0.337 e. The van der Waals surface area contributed by atoms with Crippen molar-refractivity contribution in [3.05, 3.63) is 0 Å². The smallest absolute Gasteiger partial charge is 0.337 e. The van der Waals surface area contributed by atoms with E-state index >= 15 is 0 Å². The largest absolute Gasteiger partial charge is 0.351 e. The number of hydrazine groups is 1. The van der Waals surface area contributed by atoms with E-state index in [0.29, 0.717) is 0 Å². The third-order valence-corrected chi connectivity index (χ3v) is 0.518. The quantitative estimate of drug-likeness (QED) is 0.238. The van der Waals surface area contributed by atoms with Crippen LogP contribution in [-0.4, -0.2) is 12.1 Å². The SMILES string of the molecule is NC(=O)NC(=O)NNS. The number of rotatable bonds is 1. The van der Waals surface area contributed by atoms with E-state index in [9.17, 15) is 9.59 Å². The Labute approximate surface area is 56.7 Å². The minimum Gasteiger partial charge on any atom is -0.351 e. The van der Waals surface area contributed by atoms with E-state index < -0.39 is 12.1 Å². The van der Waals surface area contributed by atoms with Gasteiger partial charge in [0.15, 0.2) is 0 Å². The predicted octanol–water partition coefficient (Wildman–Crippen LogP) is -1.29. The number of hydrogen-bond acceptors (Lipinski definition) is 4. The van der Waals surface area contributed by atoms with Gasteiger partial charge in [-0.15, -0.1) is 0 Å². The highest BCUT2D eigenvalue weighted by molar-refractivity contribution is 7.78. The van der Waals surface area contributed by atoms with Crippen LogP contribution in [0.3, 0.4) is 0 Å². The third-order valence-electron chi connectivity index (χ3n) is 0.406. The molecular weight excluding hydrogens is 144 g/mol. The first-order chi connectivity index (χ1) is 4.16. The van der Waals surface area contributed by atoms with E-state index in [1.165, 1.54) is 0 Å². The zero-order valence-corrected chi connectivity index (χ0v) is 5.24. The Kier molecular flexibility index (Phi) is 3.56. The Bertz CT molecular complexity index is 126. The molecule has 0 rings (SSSR count). The maximum absolute atomic E-state index is 10.2. The molecule has 0 fully saturated rings. The van der Waals surface area contributed by atoms with Gasteiger partial charge in [0.1, 0.15) is 0 Å². The summed E-state index contributed by atoms with van der Waals surface area (Å²) in [6.45, 7) is 0. The van der Waals surface area contributed by atoms with Gasteiger partial charge in [0, 0.05) is 0 Å². The monoisotopic (exact) mass is 150 g/mol. The van der Waals surface area contributed by atoms with Crippen LogP contribution in [0.4, 0.5) is 9.59 Å². The van der Waals surface area contributed by atoms with Crippen molar-refractivity contribution >= 4 is 24.9 Å². The number of primary amides is 1. The topological polar surface area (TPSA) is 96.2 Å². The summed E-state index contributed by atoms with van der Waals surface area (Å²) in [7, 11) is 0. The Hall–Kier alpha value is -0.950. The molecule has 9 heavy (non-hydrogen) atoms. The molecule has 0 saturated heterocycles. The van der Waals surface area contributed by atoms with Gasteiger partial charge in [-0.1, -0.05) is 12.8 Å². The molecule has 6 nitrogen and oxygen atoms in total. The fourth-order valence-electron chi connectivity index (χ4n) is 0.194. The molecule has 0 bridgehead atoms. The summed E-state index contributed by atoms with van der Waals surface area (Å²) < 4.78 is 0. The van der Waals surface area contributed by atoms with Crippen molar-refractivity contribution in [2.45, 2.75) is 0 Å². The van der Waals surface area contributed by atoms with Gasteiger partial charge in [-0.2, -0.15) is 4.83 Å². The highest BCUT2D eigenvalue weighted by Crippen LogP contribution is 1.60. The number of thiol groups is 1. The van der Waals surface area contributed by atoms with Crippen LogP contribution in [-0.2, 0) is 0 Å². The van der Waals surface area contributed by atoms with Gasteiger partial charge in [-0.3, -0.25) is 10.7 Å².